The summed E-state index contributed by atoms with van der Waals surface area (Å²) in [5.41, 5.74) is -2.36. The highest BCUT2D eigenvalue weighted by atomic mass is 31.0. The molecule has 0 aliphatic heterocycles. The fraction of sp³-hybridized carbons (Fsp3) is 0.533. The van der Waals surface area contributed by atoms with Gasteiger partial charge >= 0.3 is 0 Å². The first-order valence-corrected chi connectivity index (χ1v) is 8.23. The van der Waals surface area contributed by atoms with Crippen molar-refractivity contribution in [1.29, 1.82) is 0 Å². The first kappa shape index (κ1) is 17.0. The van der Waals surface area contributed by atoms with Gasteiger partial charge in [-0.3, -0.25) is 4.79 Å². The maximum atomic E-state index is 12.9. The number of carbonyl (C=O) groups is 1. The van der Waals surface area contributed by atoms with Crippen LogP contribution in [0, 0.1) is 6.92 Å². The number of rotatable bonds is 6. The van der Waals surface area contributed by atoms with Crippen molar-refractivity contribution in [2.75, 3.05) is 11.9 Å². The highest BCUT2D eigenvalue weighted by Crippen LogP contribution is 2.40. The zero-order valence-electron chi connectivity index (χ0n) is 13.4. The molecule has 0 bridgehead atoms. The molecule has 1 fully saturated rings. The van der Waals surface area contributed by atoms with Gasteiger partial charge in [-0.25, -0.2) is 18.7 Å². The standard InChI is InChI=1S/C15H19F2N4O2P/c1-8-9(12(22)18-6-5-15(16,17)24)10-11(21-14(2)3-4-14)19-7-20-13(10)23-8/h7H,3-6,24H2,1-2H3,(H,18,22)(H,19,20,21). The minimum Gasteiger partial charge on any atom is -0.442 e. The van der Waals surface area contributed by atoms with Gasteiger partial charge in [0.05, 0.1) is 10.9 Å². The normalized spacial score (nSPS) is 16.2. The molecule has 0 radical (unpaired) electrons. The third kappa shape index (κ3) is 3.64. The Hall–Kier alpha value is -1.82. The van der Waals surface area contributed by atoms with Crippen LogP contribution in [0.3, 0.4) is 0 Å². The van der Waals surface area contributed by atoms with Gasteiger partial charge in [0.25, 0.3) is 11.6 Å². The summed E-state index contributed by atoms with van der Waals surface area (Å²) in [6.45, 7) is 3.56. The molecule has 1 saturated carbocycles. The molecule has 0 saturated heterocycles. The lowest BCUT2D eigenvalue weighted by Crippen LogP contribution is -2.28. The van der Waals surface area contributed by atoms with Crippen molar-refractivity contribution >= 4 is 32.1 Å². The summed E-state index contributed by atoms with van der Waals surface area (Å²) in [4.78, 5) is 20.7. The molecule has 2 aromatic rings. The minimum atomic E-state index is -2.91. The lowest BCUT2D eigenvalue weighted by molar-refractivity contribution is 0.0859. The number of anilines is 1. The molecule has 0 spiro atoms. The van der Waals surface area contributed by atoms with Crippen LogP contribution in [-0.2, 0) is 0 Å². The molecule has 6 nitrogen and oxygen atoms in total. The molecule has 24 heavy (non-hydrogen) atoms. The van der Waals surface area contributed by atoms with Crippen LogP contribution in [0.15, 0.2) is 10.7 Å². The number of aryl methyl sites for hydroxylation is 1. The van der Waals surface area contributed by atoms with Crippen molar-refractivity contribution in [2.24, 2.45) is 0 Å². The van der Waals surface area contributed by atoms with Crippen molar-refractivity contribution in [3.8, 4) is 0 Å². The Balaban J connectivity index is 1.89. The SMILES string of the molecule is Cc1oc2ncnc(NC3(C)CC3)c2c1C(=O)NCCC(F)(F)P. The Kier molecular flexibility index (Phi) is 4.20. The molecule has 1 amide bonds. The van der Waals surface area contributed by atoms with E-state index in [9.17, 15) is 13.6 Å². The molecule has 2 N–H and O–H groups in total. The third-order valence-corrected chi connectivity index (χ3v) is 4.34. The van der Waals surface area contributed by atoms with E-state index in [0.29, 0.717) is 22.7 Å². The van der Waals surface area contributed by atoms with Crippen LogP contribution in [-0.4, -0.2) is 33.6 Å². The Bertz CT molecular complexity index is 784. The monoisotopic (exact) mass is 356 g/mol. The second-order valence-corrected chi connectivity index (χ2v) is 7.23. The van der Waals surface area contributed by atoms with E-state index in [1.807, 2.05) is 0 Å². The van der Waals surface area contributed by atoms with Crippen LogP contribution in [0.25, 0.3) is 11.1 Å². The van der Waals surface area contributed by atoms with E-state index in [1.165, 1.54) is 15.6 Å². The Morgan fingerprint density at radius 3 is 2.79 bits per heavy atom. The summed E-state index contributed by atoms with van der Waals surface area (Å²) < 4.78 is 31.3. The van der Waals surface area contributed by atoms with Crippen LogP contribution in [0.1, 0.15) is 42.3 Å². The molecule has 1 atom stereocenters. The number of halogens is 2. The molecule has 9 heteroatoms. The maximum absolute atomic E-state index is 12.9. The van der Waals surface area contributed by atoms with E-state index in [-0.39, 0.29) is 17.6 Å². The van der Waals surface area contributed by atoms with Gasteiger partial charge < -0.3 is 15.1 Å². The van der Waals surface area contributed by atoms with Gasteiger partial charge in [-0.05, 0) is 26.7 Å². The maximum Gasteiger partial charge on any atom is 0.260 e. The van der Waals surface area contributed by atoms with Crippen LogP contribution in [0.2, 0.25) is 0 Å². The molecule has 2 aromatic heterocycles. The van der Waals surface area contributed by atoms with Crippen LogP contribution < -0.4 is 10.6 Å². The molecular weight excluding hydrogens is 337 g/mol. The smallest absolute Gasteiger partial charge is 0.260 e. The quantitative estimate of drug-likeness (QED) is 0.778. The van der Waals surface area contributed by atoms with Crippen LogP contribution in [0.5, 0.6) is 0 Å². The molecule has 2 heterocycles. The van der Waals surface area contributed by atoms with Gasteiger partial charge in [0.15, 0.2) is 0 Å². The largest absolute Gasteiger partial charge is 0.442 e. The first-order chi connectivity index (χ1) is 11.2. The fourth-order valence-electron chi connectivity index (χ4n) is 2.44. The summed E-state index contributed by atoms with van der Waals surface area (Å²) in [7, 11) is 1.46. The van der Waals surface area contributed by atoms with Crippen LogP contribution in [0.4, 0.5) is 14.6 Å². The lowest BCUT2D eigenvalue weighted by Gasteiger charge is -2.13. The summed E-state index contributed by atoms with van der Waals surface area (Å²) in [5.74, 6) is 0.433. The van der Waals surface area contributed by atoms with E-state index in [1.54, 1.807) is 6.92 Å². The number of aromatic nitrogens is 2. The van der Waals surface area contributed by atoms with Crippen LogP contribution >= 0.6 is 9.24 Å². The number of nitrogens with zero attached hydrogens (tertiary/aromatic N) is 2. The van der Waals surface area contributed by atoms with Gasteiger partial charge in [0.2, 0.25) is 5.71 Å². The number of hydrogen-bond donors (Lipinski definition) is 2. The van der Waals surface area contributed by atoms with Gasteiger partial charge in [-0.15, -0.1) is 0 Å². The third-order valence-electron chi connectivity index (χ3n) is 4.06. The van der Waals surface area contributed by atoms with Gasteiger partial charge in [0.1, 0.15) is 17.9 Å². The van der Waals surface area contributed by atoms with E-state index in [4.69, 9.17) is 4.42 Å². The fourth-order valence-corrected chi connectivity index (χ4v) is 2.59. The molecule has 1 aliphatic rings. The second kappa shape index (κ2) is 5.92. The zero-order chi connectivity index (χ0) is 17.5. The zero-order valence-corrected chi connectivity index (χ0v) is 14.6. The summed E-state index contributed by atoms with van der Waals surface area (Å²) >= 11 is 0. The number of fused-ring (bicyclic) bond motifs is 1. The Morgan fingerprint density at radius 2 is 2.17 bits per heavy atom. The molecule has 1 unspecified atom stereocenters. The topological polar surface area (TPSA) is 80.1 Å². The van der Waals surface area contributed by atoms with Crippen molar-refractivity contribution < 1.29 is 18.0 Å². The lowest BCUT2D eigenvalue weighted by atomic mass is 10.1. The van der Waals surface area contributed by atoms with Crippen molar-refractivity contribution in [1.82, 2.24) is 15.3 Å². The Labute approximate surface area is 140 Å². The molecule has 1 aliphatic carbocycles. The number of alkyl halides is 2. The molecular formula is C15H19F2N4O2P. The van der Waals surface area contributed by atoms with E-state index < -0.39 is 18.0 Å². The van der Waals surface area contributed by atoms with E-state index >= 15 is 0 Å². The average molecular weight is 356 g/mol. The average Bonchev–Trinajstić information content (AvgIpc) is 3.07. The number of amides is 1. The molecule has 130 valence electrons. The molecule has 3 rings (SSSR count). The van der Waals surface area contributed by atoms with Crippen molar-refractivity contribution in [2.45, 2.75) is 44.3 Å². The predicted octanol–water partition coefficient (Wildman–Crippen LogP) is 3.08. The molecule has 0 aromatic carbocycles. The highest BCUT2D eigenvalue weighted by molar-refractivity contribution is 7.18. The summed E-state index contributed by atoms with van der Waals surface area (Å²) in [6, 6.07) is 0. The summed E-state index contributed by atoms with van der Waals surface area (Å²) in [6.07, 6.45) is 2.94. The number of carbonyl (C=O) groups excluding carboxylic acids is 1. The van der Waals surface area contributed by atoms with E-state index in [0.717, 1.165) is 12.8 Å². The minimum absolute atomic E-state index is 0.0400. The van der Waals surface area contributed by atoms with Crippen molar-refractivity contribution in [3.63, 3.8) is 0 Å². The number of nitrogens with one attached hydrogen (secondary N) is 2. The van der Waals surface area contributed by atoms with E-state index in [2.05, 4.69) is 27.5 Å². The predicted molar refractivity (Wildman–Crippen MR) is 89.4 cm³/mol. The van der Waals surface area contributed by atoms with Gasteiger partial charge in [0, 0.05) is 18.5 Å². The second-order valence-electron chi connectivity index (χ2n) is 6.39. The summed E-state index contributed by atoms with van der Waals surface area (Å²) in [5, 5.41) is 6.30. The Morgan fingerprint density at radius 1 is 1.46 bits per heavy atom. The van der Waals surface area contributed by atoms with Crippen molar-refractivity contribution in [3.05, 3.63) is 17.7 Å². The highest BCUT2D eigenvalue weighted by Gasteiger charge is 2.38. The van der Waals surface area contributed by atoms with Gasteiger partial charge in [-0.1, -0.05) is 9.24 Å². The first-order valence-electron chi connectivity index (χ1n) is 7.66. The van der Waals surface area contributed by atoms with Gasteiger partial charge in [-0.2, -0.15) is 0 Å². The number of furan rings is 1. The number of hydrogen-bond acceptors (Lipinski definition) is 5.